The second-order valence-electron chi connectivity index (χ2n) is 5.05. The van der Waals surface area contributed by atoms with Crippen LogP contribution in [-0.2, 0) is 13.1 Å². The van der Waals surface area contributed by atoms with Gasteiger partial charge in [0.15, 0.2) is 0 Å². The highest BCUT2D eigenvalue weighted by Gasteiger charge is 2.04. The van der Waals surface area contributed by atoms with E-state index in [9.17, 15) is 0 Å². The highest BCUT2D eigenvalue weighted by atomic mass is 16.5. The molecular weight excluding hydrogens is 262 g/mol. The molecule has 0 aliphatic carbocycles. The minimum absolute atomic E-state index is 0.671. The molecule has 0 radical (unpaired) electrons. The molecule has 1 aromatic carbocycles. The molecule has 0 amide bonds. The van der Waals surface area contributed by atoms with Crippen LogP contribution in [0, 0.1) is 0 Å². The van der Waals surface area contributed by atoms with Gasteiger partial charge in [-0.15, -0.1) is 0 Å². The Hall–Kier alpha value is -1.91. The van der Waals surface area contributed by atoms with Crippen molar-refractivity contribution in [2.75, 3.05) is 27.2 Å². The lowest BCUT2D eigenvalue weighted by Crippen LogP contribution is -2.24. The van der Waals surface area contributed by atoms with Crippen LogP contribution in [0.25, 0.3) is 0 Å². The van der Waals surface area contributed by atoms with Gasteiger partial charge in [0.25, 0.3) is 0 Å². The van der Waals surface area contributed by atoms with Crippen LogP contribution in [0.4, 0.5) is 0 Å². The number of para-hydroxylation sites is 1. The van der Waals surface area contributed by atoms with Gasteiger partial charge in [0.2, 0.25) is 0 Å². The molecule has 0 fully saturated rings. The second-order valence-corrected chi connectivity index (χ2v) is 5.05. The molecule has 0 atom stereocenters. The number of nitrogens with zero attached hydrogens (tertiary/aromatic N) is 2. The topological polar surface area (TPSA) is 37.4 Å². The van der Waals surface area contributed by atoms with Gasteiger partial charge < -0.3 is 10.1 Å². The van der Waals surface area contributed by atoms with E-state index < -0.39 is 0 Å². The Morgan fingerprint density at radius 2 is 1.95 bits per heavy atom. The van der Waals surface area contributed by atoms with E-state index in [4.69, 9.17) is 4.74 Å². The second kappa shape index (κ2) is 8.39. The zero-order chi connectivity index (χ0) is 14.9. The first-order valence-electron chi connectivity index (χ1n) is 7.23. The lowest BCUT2D eigenvalue weighted by molar-refractivity contribution is 0.230. The molecule has 1 aromatic heterocycles. The van der Waals surface area contributed by atoms with Crippen molar-refractivity contribution in [3.63, 3.8) is 0 Å². The van der Waals surface area contributed by atoms with Crippen LogP contribution in [0.15, 0.2) is 48.7 Å². The molecule has 4 heteroatoms. The summed E-state index contributed by atoms with van der Waals surface area (Å²) >= 11 is 0. The number of aromatic nitrogens is 1. The largest absolute Gasteiger partial charge is 0.492 e. The van der Waals surface area contributed by atoms with Crippen LogP contribution in [0.2, 0.25) is 0 Å². The van der Waals surface area contributed by atoms with Crippen molar-refractivity contribution in [1.82, 2.24) is 15.2 Å². The summed E-state index contributed by atoms with van der Waals surface area (Å²) in [7, 11) is 4.02. The zero-order valence-electron chi connectivity index (χ0n) is 12.7. The summed E-state index contributed by atoms with van der Waals surface area (Å²) in [4.78, 5) is 6.54. The highest BCUT2D eigenvalue weighted by molar-refractivity contribution is 5.33. The van der Waals surface area contributed by atoms with E-state index >= 15 is 0 Å². The number of hydrogen-bond donors (Lipinski definition) is 1. The molecule has 0 unspecified atom stereocenters. The normalized spacial score (nSPS) is 10.8. The standard InChI is InChI=1S/C17H23N3O/c1-18-13-15-7-3-4-9-17(15)21-12-11-20(2)14-16-8-5-6-10-19-16/h3-10,18H,11-14H2,1-2H3. The summed E-state index contributed by atoms with van der Waals surface area (Å²) in [6, 6.07) is 14.1. The fraction of sp³-hybridized carbons (Fsp3) is 0.353. The first-order valence-corrected chi connectivity index (χ1v) is 7.23. The van der Waals surface area contributed by atoms with Crippen LogP contribution in [0.3, 0.4) is 0 Å². The van der Waals surface area contributed by atoms with Gasteiger partial charge in [-0.3, -0.25) is 9.88 Å². The fourth-order valence-corrected chi connectivity index (χ4v) is 2.14. The van der Waals surface area contributed by atoms with Crippen molar-refractivity contribution in [2.45, 2.75) is 13.1 Å². The van der Waals surface area contributed by atoms with E-state index in [1.54, 1.807) is 0 Å². The van der Waals surface area contributed by atoms with E-state index in [-0.39, 0.29) is 0 Å². The Morgan fingerprint density at radius 1 is 1.14 bits per heavy atom. The summed E-state index contributed by atoms with van der Waals surface area (Å²) in [6.45, 7) is 3.19. The number of hydrogen-bond acceptors (Lipinski definition) is 4. The highest BCUT2D eigenvalue weighted by Crippen LogP contribution is 2.17. The van der Waals surface area contributed by atoms with E-state index in [1.807, 2.05) is 49.6 Å². The lowest BCUT2D eigenvalue weighted by atomic mass is 10.2. The summed E-state index contributed by atoms with van der Waals surface area (Å²) in [5, 5.41) is 3.16. The Morgan fingerprint density at radius 3 is 2.71 bits per heavy atom. The van der Waals surface area contributed by atoms with Crippen molar-refractivity contribution in [2.24, 2.45) is 0 Å². The summed E-state index contributed by atoms with van der Waals surface area (Å²) in [6.07, 6.45) is 1.83. The molecule has 0 bridgehead atoms. The minimum atomic E-state index is 0.671. The SMILES string of the molecule is CNCc1ccccc1OCCN(C)Cc1ccccn1. The molecule has 0 aliphatic heterocycles. The summed E-state index contributed by atoms with van der Waals surface area (Å²) < 4.78 is 5.90. The van der Waals surface area contributed by atoms with E-state index in [2.05, 4.69) is 28.3 Å². The van der Waals surface area contributed by atoms with Gasteiger partial charge in [-0.1, -0.05) is 24.3 Å². The molecule has 21 heavy (non-hydrogen) atoms. The lowest BCUT2D eigenvalue weighted by Gasteiger charge is -2.17. The third kappa shape index (κ3) is 5.17. The molecule has 112 valence electrons. The Kier molecular flexibility index (Phi) is 6.19. The smallest absolute Gasteiger partial charge is 0.123 e. The van der Waals surface area contributed by atoms with Crippen LogP contribution in [0.5, 0.6) is 5.75 Å². The van der Waals surface area contributed by atoms with Crippen molar-refractivity contribution in [3.05, 3.63) is 59.9 Å². The van der Waals surface area contributed by atoms with Gasteiger partial charge in [-0.05, 0) is 32.3 Å². The molecule has 0 saturated heterocycles. The number of nitrogens with one attached hydrogen (secondary N) is 1. The molecule has 4 nitrogen and oxygen atoms in total. The fourth-order valence-electron chi connectivity index (χ4n) is 2.14. The van der Waals surface area contributed by atoms with Crippen LogP contribution < -0.4 is 10.1 Å². The van der Waals surface area contributed by atoms with Crippen molar-refractivity contribution < 1.29 is 4.74 Å². The third-order valence-corrected chi connectivity index (χ3v) is 3.23. The zero-order valence-corrected chi connectivity index (χ0v) is 12.7. The van der Waals surface area contributed by atoms with Crippen LogP contribution in [0.1, 0.15) is 11.3 Å². The van der Waals surface area contributed by atoms with Gasteiger partial charge in [-0.2, -0.15) is 0 Å². The Bertz CT molecular complexity index is 531. The first kappa shape index (κ1) is 15.5. The Balaban J connectivity index is 1.79. The average Bonchev–Trinajstić information content (AvgIpc) is 2.50. The maximum atomic E-state index is 5.90. The van der Waals surface area contributed by atoms with Crippen molar-refractivity contribution >= 4 is 0 Å². The predicted octanol–water partition coefficient (Wildman–Crippen LogP) is 2.31. The van der Waals surface area contributed by atoms with Gasteiger partial charge in [0.05, 0.1) is 5.69 Å². The predicted molar refractivity (Wildman–Crippen MR) is 85.3 cm³/mol. The Labute approximate surface area is 126 Å². The monoisotopic (exact) mass is 285 g/mol. The van der Waals surface area contributed by atoms with Gasteiger partial charge in [0.1, 0.15) is 12.4 Å². The van der Waals surface area contributed by atoms with Gasteiger partial charge in [-0.25, -0.2) is 0 Å². The quantitative estimate of drug-likeness (QED) is 0.807. The molecule has 2 aromatic rings. The summed E-state index contributed by atoms with van der Waals surface area (Å²) in [5.74, 6) is 0.957. The van der Waals surface area contributed by atoms with Crippen LogP contribution in [-0.4, -0.2) is 37.1 Å². The van der Waals surface area contributed by atoms with Gasteiger partial charge in [0, 0.05) is 31.4 Å². The number of pyridine rings is 1. The number of likely N-dealkylation sites (N-methyl/N-ethyl adjacent to an activating group) is 1. The molecule has 1 heterocycles. The molecule has 0 aliphatic rings. The van der Waals surface area contributed by atoms with Crippen LogP contribution >= 0.6 is 0 Å². The van der Waals surface area contributed by atoms with E-state index in [0.717, 1.165) is 31.1 Å². The number of rotatable bonds is 8. The maximum Gasteiger partial charge on any atom is 0.123 e. The minimum Gasteiger partial charge on any atom is -0.492 e. The van der Waals surface area contributed by atoms with E-state index in [1.165, 1.54) is 5.56 Å². The average molecular weight is 285 g/mol. The molecule has 0 spiro atoms. The summed E-state index contributed by atoms with van der Waals surface area (Å²) in [5.41, 5.74) is 2.27. The van der Waals surface area contributed by atoms with Crippen molar-refractivity contribution in [3.8, 4) is 5.75 Å². The van der Waals surface area contributed by atoms with E-state index in [0.29, 0.717) is 6.61 Å². The molecular formula is C17H23N3O. The molecule has 2 rings (SSSR count). The molecule has 0 saturated carbocycles. The number of ether oxygens (including phenoxy) is 1. The first-order chi connectivity index (χ1) is 10.3. The van der Waals surface area contributed by atoms with Crippen molar-refractivity contribution in [1.29, 1.82) is 0 Å². The van der Waals surface area contributed by atoms with Gasteiger partial charge >= 0.3 is 0 Å². The third-order valence-electron chi connectivity index (χ3n) is 3.23. The molecule has 1 N–H and O–H groups in total. The number of benzene rings is 1. The maximum absolute atomic E-state index is 5.90.